The molecule has 3 nitrogen and oxygen atoms in total. The molecule has 0 unspecified atom stereocenters. The van der Waals surface area contributed by atoms with Gasteiger partial charge in [0.2, 0.25) is 0 Å². The van der Waals surface area contributed by atoms with Crippen LogP contribution in [0.1, 0.15) is 10.6 Å². The molecule has 2 aromatic rings. The fourth-order valence-corrected chi connectivity index (χ4v) is 2.67. The van der Waals surface area contributed by atoms with Crippen LogP contribution in [0.4, 0.5) is 5.69 Å². The lowest BCUT2D eigenvalue weighted by atomic mass is 10.3. The first-order valence-corrected chi connectivity index (χ1v) is 6.49. The predicted octanol–water partition coefficient (Wildman–Crippen LogP) is 2.89. The van der Waals surface area contributed by atoms with Crippen LogP contribution in [0.3, 0.4) is 0 Å². The van der Waals surface area contributed by atoms with Gasteiger partial charge in [0, 0.05) is 18.5 Å². The van der Waals surface area contributed by atoms with Gasteiger partial charge in [0.15, 0.2) is 0 Å². The van der Waals surface area contributed by atoms with E-state index in [0.29, 0.717) is 6.54 Å². The van der Waals surface area contributed by atoms with Crippen molar-refractivity contribution in [2.45, 2.75) is 13.1 Å². The number of halogens is 1. The zero-order valence-electron chi connectivity index (χ0n) is 9.56. The molecule has 0 atom stereocenters. The zero-order chi connectivity index (χ0) is 12.3. The lowest BCUT2D eigenvalue weighted by Crippen LogP contribution is -2.16. The predicted molar refractivity (Wildman–Crippen MR) is 73.6 cm³/mol. The van der Waals surface area contributed by atoms with E-state index in [1.807, 2.05) is 37.5 Å². The minimum Gasteiger partial charge on any atom is -0.368 e. The molecule has 2 heterocycles. The van der Waals surface area contributed by atoms with Gasteiger partial charge in [-0.05, 0) is 24.3 Å². The van der Waals surface area contributed by atoms with E-state index in [9.17, 15) is 0 Å². The third-order valence-electron chi connectivity index (χ3n) is 2.48. The number of nitrogens with two attached hydrogens (primary N) is 1. The highest BCUT2D eigenvalue weighted by atomic mass is 35.5. The van der Waals surface area contributed by atoms with Crippen molar-refractivity contribution >= 4 is 28.6 Å². The Hall–Kier alpha value is -1.10. The summed E-state index contributed by atoms with van der Waals surface area (Å²) in [6.07, 6.45) is 1.84. The second-order valence-corrected chi connectivity index (χ2v) is 5.57. The van der Waals surface area contributed by atoms with Crippen molar-refractivity contribution in [3.8, 4) is 0 Å². The first kappa shape index (κ1) is 12.4. The first-order chi connectivity index (χ1) is 8.19. The summed E-state index contributed by atoms with van der Waals surface area (Å²) < 4.78 is 0.824. The molecule has 0 radical (unpaired) electrons. The van der Waals surface area contributed by atoms with E-state index in [1.165, 1.54) is 4.88 Å². The number of aromatic nitrogens is 1. The molecule has 0 aliphatic carbocycles. The van der Waals surface area contributed by atoms with Crippen LogP contribution in [0.25, 0.3) is 0 Å². The molecule has 2 N–H and O–H groups in total. The largest absolute Gasteiger partial charge is 0.368 e. The van der Waals surface area contributed by atoms with Crippen molar-refractivity contribution in [1.29, 1.82) is 0 Å². The summed E-state index contributed by atoms with van der Waals surface area (Å²) >= 11 is 7.50. The molecule has 90 valence electrons. The monoisotopic (exact) mass is 267 g/mol. The number of rotatable bonds is 4. The van der Waals surface area contributed by atoms with Crippen LogP contribution < -0.4 is 10.6 Å². The number of pyridine rings is 1. The number of nitrogens with zero attached hydrogens (tertiary/aromatic N) is 2. The summed E-state index contributed by atoms with van der Waals surface area (Å²) in [6, 6.07) is 7.95. The fourth-order valence-electron chi connectivity index (χ4n) is 1.52. The van der Waals surface area contributed by atoms with Crippen molar-refractivity contribution in [1.82, 2.24) is 4.98 Å². The Kier molecular flexibility index (Phi) is 3.99. The topological polar surface area (TPSA) is 42.1 Å². The summed E-state index contributed by atoms with van der Waals surface area (Å²) in [5.74, 6) is 0. The molecule has 0 aromatic carbocycles. The van der Waals surface area contributed by atoms with E-state index in [0.717, 1.165) is 22.3 Å². The van der Waals surface area contributed by atoms with E-state index in [-0.39, 0.29) is 0 Å². The molecule has 0 fully saturated rings. The Morgan fingerprint density at radius 3 is 2.71 bits per heavy atom. The van der Waals surface area contributed by atoms with Crippen LogP contribution in [0, 0.1) is 0 Å². The van der Waals surface area contributed by atoms with Gasteiger partial charge in [-0.3, -0.25) is 4.98 Å². The summed E-state index contributed by atoms with van der Waals surface area (Å²) in [4.78, 5) is 7.65. The van der Waals surface area contributed by atoms with Gasteiger partial charge in [0.25, 0.3) is 0 Å². The minimum absolute atomic E-state index is 0.477. The second kappa shape index (κ2) is 5.49. The molecule has 0 aliphatic rings. The molecule has 2 rings (SSSR count). The van der Waals surface area contributed by atoms with Crippen molar-refractivity contribution < 1.29 is 0 Å². The fraction of sp³-hybridized carbons (Fsp3) is 0.250. The van der Waals surface area contributed by atoms with Crippen LogP contribution in [0.2, 0.25) is 4.34 Å². The van der Waals surface area contributed by atoms with Crippen molar-refractivity contribution in [2.75, 3.05) is 11.9 Å². The van der Waals surface area contributed by atoms with Crippen LogP contribution in [0.5, 0.6) is 0 Å². The molecule has 5 heteroatoms. The van der Waals surface area contributed by atoms with E-state index in [2.05, 4.69) is 9.88 Å². The average Bonchev–Trinajstić information content (AvgIpc) is 2.75. The summed E-state index contributed by atoms with van der Waals surface area (Å²) in [6.45, 7) is 1.31. The maximum Gasteiger partial charge on any atom is 0.0931 e. The molecule has 0 saturated carbocycles. The normalized spacial score (nSPS) is 10.5. The highest BCUT2D eigenvalue weighted by molar-refractivity contribution is 7.16. The summed E-state index contributed by atoms with van der Waals surface area (Å²) in [5, 5.41) is 0. The maximum absolute atomic E-state index is 5.90. The van der Waals surface area contributed by atoms with Crippen molar-refractivity contribution in [2.24, 2.45) is 5.73 Å². The van der Waals surface area contributed by atoms with Gasteiger partial charge >= 0.3 is 0 Å². The Morgan fingerprint density at radius 2 is 2.18 bits per heavy atom. The van der Waals surface area contributed by atoms with Crippen LogP contribution in [-0.2, 0) is 13.1 Å². The van der Waals surface area contributed by atoms with Gasteiger partial charge in [-0.2, -0.15) is 0 Å². The molecule has 0 spiro atoms. The maximum atomic E-state index is 5.90. The Morgan fingerprint density at radius 1 is 1.35 bits per heavy atom. The number of hydrogen-bond acceptors (Lipinski definition) is 4. The standard InChI is InChI=1S/C12H14ClN3S/c1-16(8-11-4-5-12(13)17-11)10-3-2-9(6-14)15-7-10/h2-5,7H,6,8,14H2,1H3. The number of thiophene rings is 1. The molecule has 0 amide bonds. The van der Waals surface area contributed by atoms with Crippen LogP contribution in [0.15, 0.2) is 30.5 Å². The zero-order valence-corrected chi connectivity index (χ0v) is 11.1. The number of anilines is 1. The molecular formula is C12H14ClN3S. The minimum atomic E-state index is 0.477. The van der Waals surface area contributed by atoms with Gasteiger partial charge in [0.1, 0.15) is 0 Å². The van der Waals surface area contributed by atoms with Gasteiger partial charge in [-0.1, -0.05) is 11.6 Å². The molecule has 17 heavy (non-hydrogen) atoms. The molecule has 0 bridgehead atoms. The highest BCUT2D eigenvalue weighted by Crippen LogP contribution is 2.24. The summed E-state index contributed by atoms with van der Waals surface area (Å²) in [7, 11) is 2.03. The van der Waals surface area contributed by atoms with Crippen molar-refractivity contribution in [3.63, 3.8) is 0 Å². The Balaban J connectivity index is 2.06. The number of hydrogen-bond donors (Lipinski definition) is 1. The van der Waals surface area contributed by atoms with E-state index in [4.69, 9.17) is 17.3 Å². The molecular weight excluding hydrogens is 254 g/mol. The van der Waals surface area contributed by atoms with Crippen LogP contribution >= 0.6 is 22.9 Å². The Labute approximate surface area is 110 Å². The smallest absolute Gasteiger partial charge is 0.0931 e. The third kappa shape index (κ3) is 3.19. The molecule has 0 saturated heterocycles. The van der Waals surface area contributed by atoms with Gasteiger partial charge in [0.05, 0.1) is 28.5 Å². The van der Waals surface area contributed by atoms with Gasteiger partial charge < -0.3 is 10.6 Å². The molecule has 2 aromatic heterocycles. The van der Waals surface area contributed by atoms with Crippen LogP contribution in [-0.4, -0.2) is 12.0 Å². The SMILES string of the molecule is CN(Cc1ccc(Cl)s1)c1ccc(CN)nc1. The van der Waals surface area contributed by atoms with Crippen molar-refractivity contribution in [3.05, 3.63) is 45.4 Å². The van der Waals surface area contributed by atoms with Gasteiger partial charge in [-0.25, -0.2) is 0 Å². The highest BCUT2D eigenvalue weighted by Gasteiger charge is 2.04. The quantitative estimate of drug-likeness (QED) is 0.926. The van der Waals surface area contributed by atoms with E-state index < -0.39 is 0 Å². The first-order valence-electron chi connectivity index (χ1n) is 5.29. The lowest BCUT2D eigenvalue weighted by Gasteiger charge is -2.18. The van der Waals surface area contributed by atoms with Gasteiger partial charge in [-0.15, -0.1) is 11.3 Å². The molecule has 0 aliphatic heterocycles. The van der Waals surface area contributed by atoms with E-state index >= 15 is 0 Å². The lowest BCUT2D eigenvalue weighted by molar-refractivity contribution is 0.921. The Bertz CT molecular complexity index is 481. The third-order valence-corrected chi connectivity index (χ3v) is 3.70. The average molecular weight is 268 g/mol. The summed E-state index contributed by atoms with van der Waals surface area (Å²) in [5.41, 5.74) is 7.49. The van der Waals surface area contributed by atoms with E-state index in [1.54, 1.807) is 11.3 Å². The second-order valence-electron chi connectivity index (χ2n) is 3.77.